The van der Waals surface area contributed by atoms with Crippen LogP contribution in [0.4, 0.5) is 11.4 Å². The fourth-order valence-electron chi connectivity index (χ4n) is 1.43. The molecular formula is C13H10BrClN2O. The number of halogens is 2. The summed E-state index contributed by atoms with van der Waals surface area (Å²) in [4.78, 5) is 12.0. The van der Waals surface area contributed by atoms with Gasteiger partial charge in [0.2, 0.25) is 0 Å². The molecule has 2 aromatic carbocycles. The summed E-state index contributed by atoms with van der Waals surface area (Å²) >= 11 is 9.25. The molecule has 0 saturated carbocycles. The van der Waals surface area contributed by atoms with E-state index in [9.17, 15) is 4.79 Å². The van der Waals surface area contributed by atoms with Gasteiger partial charge in [-0.3, -0.25) is 4.79 Å². The van der Waals surface area contributed by atoms with Crippen LogP contribution in [0.15, 0.2) is 46.9 Å². The molecule has 2 rings (SSSR count). The maximum absolute atomic E-state index is 12.0. The maximum atomic E-state index is 12.0. The predicted octanol–water partition coefficient (Wildman–Crippen LogP) is 3.94. The predicted molar refractivity (Wildman–Crippen MR) is 78.0 cm³/mol. The number of nitrogen functional groups attached to an aromatic ring is 1. The molecule has 0 aliphatic carbocycles. The van der Waals surface area contributed by atoms with Crippen molar-refractivity contribution in [3.05, 3.63) is 57.5 Å². The summed E-state index contributed by atoms with van der Waals surface area (Å²) in [5, 5.41) is 3.24. The first kappa shape index (κ1) is 12.9. The van der Waals surface area contributed by atoms with Gasteiger partial charge in [0, 0.05) is 15.7 Å². The van der Waals surface area contributed by atoms with Gasteiger partial charge in [-0.05, 0) is 46.3 Å². The molecule has 1 amide bonds. The van der Waals surface area contributed by atoms with Gasteiger partial charge < -0.3 is 11.1 Å². The summed E-state index contributed by atoms with van der Waals surface area (Å²) < 4.78 is 0.689. The first-order chi connectivity index (χ1) is 8.58. The van der Waals surface area contributed by atoms with Crippen LogP contribution in [0.2, 0.25) is 5.02 Å². The molecule has 0 aliphatic rings. The highest BCUT2D eigenvalue weighted by Gasteiger charge is 2.09. The van der Waals surface area contributed by atoms with Crippen molar-refractivity contribution >= 4 is 44.8 Å². The smallest absolute Gasteiger partial charge is 0.255 e. The molecule has 0 bridgehead atoms. The lowest BCUT2D eigenvalue weighted by atomic mass is 10.2. The number of para-hydroxylation sites is 1. The molecule has 0 fully saturated rings. The van der Waals surface area contributed by atoms with Crippen LogP contribution in [0.1, 0.15) is 10.4 Å². The average molecular weight is 326 g/mol. The summed E-state index contributed by atoms with van der Waals surface area (Å²) in [6.07, 6.45) is 0. The molecule has 5 heteroatoms. The zero-order chi connectivity index (χ0) is 13.1. The van der Waals surface area contributed by atoms with E-state index in [4.69, 9.17) is 17.3 Å². The number of nitrogens with one attached hydrogen (secondary N) is 1. The highest BCUT2D eigenvalue weighted by Crippen LogP contribution is 2.23. The Morgan fingerprint density at radius 3 is 2.61 bits per heavy atom. The average Bonchev–Trinajstić information content (AvgIpc) is 2.35. The molecule has 2 aromatic rings. The van der Waals surface area contributed by atoms with Crippen LogP contribution < -0.4 is 11.1 Å². The SMILES string of the molecule is Nc1ccc(C(=O)Nc2ccccc2Cl)cc1Br. The number of hydrogen-bond acceptors (Lipinski definition) is 2. The second kappa shape index (κ2) is 5.42. The molecule has 0 unspecified atom stereocenters. The molecule has 3 nitrogen and oxygen atoms in total. The van der Waals surface area contributed by atoms with Crippen molar-refractivity contribution in [2.45, 2.75) is 0 Å². The van der Waals surface area contributed by atoms with Gasteiger partial charge in [-0.2, -0.15) is 0 Å². The number of benzene rings is 2. The van der Waals surface area contributed by atoms with Gasteiger partial charge in [-0.25, -0.2) is 0 Å². The molecule has 0 saturated heterocycles. The van der Waals surface area contributed by atoms with Crippen LogP contribution in [0, 0.1) is 0 Å². The third-order valence-corrected chi connectivity index (χ3v) is 3.40. The van der Waals surface area contributed by atoms with Gasteiger partial charge in [0.15, 0.2) is 0 Å². The monoisotopic (exact) mass is 324 g/mol. The fraction of sp³-hybridized carbons (Fsp3) is 0. The lowest BCUT2D eigenvalue weighted by Crippen LogP contribution is -2.12. The molecular weight excluding hydrogens is 316 g/mol. The summed E-state index contributed by atoms with van der Waals surface area (Å²) in [5.41, 5.74) is 7.34. The van der Waals surface area contributed by atoms with E-state index in [-0.39, 0.29) is 5.91 Å². The molecule has 0 aliphatic heterocycles. The summed E-state index contributed by atoms with van der Waals surface area (Å²) in [5.74, 6) is -0.233. The number of nitrogens with two attached hydrogens (primary N) is 1. The Kier molecular flexibility index (Phi) is 3.89. The Balaban J connectivity index is 2.22. The third-order valence-electron chi connectivity index (χ3n) is 2.38. The van der Waals surface area contributed by atoms with E-state index in [2.05, 4.69) is 21.2 Å². The molecule has 0 heterocycles. The highest BCUT2D eigenvalue weighted by molar-refractivity contribution is 9.10. The minimum absolute atomic E-state index is 0.233. The maximum Gasteiger partial charge on any atom is 0.255 e. The topological polar surface area (TPSA) is 55.1 Å². The molecule has 3 N–H and O–H groups in total. The Hall–Kier alpha value is -1.52. The van der Waals surface area contributed by atoms with Gasteiger partial charge in [-0.1, -0.05) is 23.7 Å². The van der Waals surface area contributed by atoms with Gasteiger partial charge in [-0.15, -0.1) is 0 Å². The molecule has 92 valence electrons. The van der Waals surface area contributed by atoms with E-state index in [1.807, 2.05) is 0 Å². The van der Waals surface area contributed by atoms with Crippen molar-refractivity contribution < 1.29 is 4.79 Å². The first-order valence-electron chi connectivity index (χ1n) is 5.19. The summed E-state index contributed by atoms with van der Waals surface area (Å²) in [6, 6.07) is 12.1. The molecule has 0 atom stereocenters. The van der Waals surface area contributed by atoms with Crippen LogP contribution in [0.3, 0.4) is 0 Å². The van der Waals surface area contributed by atoms with Gasteiger partial charge >= 0.3 is 0 Å². The van der Waals surface area contributed by atoms with E-state index < -0.39 is 0 Å². The lowest BCUT2D eigenvalue weighted by Gasteiger charge is -2.07. The highest BCUT2D eigenvalue weighted by atomic mass is 79.9. The quantitative estimate of drug-likeness (QED) is 0.822. The number of anilines is 2. The van der Waals surface area contributed by atoms with Crippen LogP contribution in [-0.4, -0.2) is 5.91 Å². The van der Waals surface area contributed by atoms with E-state index >= 15 is 0 Å². The number of carbonyl (C=O) groups is 1. The van der Waals surface area contributed by atoms with Gasteiger partial charge in [0.1, 0.15) is 0 Å². The Labute approximate surface area is 118 Å². The molecule has 0 radical (unpaired) electrons. The summed E-state index contributed by atoms with van der Waals surface area (Å²) in [6.45, 7) is 0. The van der Waals surface area contributed by atoms with Gasteiger partial charge in [0.25, 0.3) is 5.91 Å². The Morgan fingerprint density at radius 2 is 1.94 bits per heavy atom. The minimum Gasteiger partial charge on any atom is -0.398 e. The zero-order valence-corrected chi connectivity index (χ0v) is 11.6. The van der Waals surface area contributed by atoms with Crippen molar-refractivity contribution in [1.82, 2.24) is 0 Å². The van der Waals surface area contributed by atoms with Crippen molar-refractivity contribution in [2.24, 2.45) is 0 Å². The van der Waals surface area contributed by atoms with Crippen LogP contribution in [0.5, 0.6) is 0 Å². The van der Waals surface area contributed by atoms with E-state index in [1.165, 1.54) is 0 Å². The van der Waals surface area contributed by atoms with Gasteiger partial charge in [0.05, 0.1) is 10.7 Å². The van der Waals surface area contributed by atoms with Crippen LogP contribution >= 0.6 is 27.5 Å². The third kappa shape index (κ3) is 2.83. The number of hydrogen-bond donors (Lipinski definition) is 2. The Bertz CT molecular complexity index is 601. The Morgan fingerprint density at radius 1 is 1.22 bits per heavy atom. The van der Waals surface area contributed by atoms with E-state index in [1.54, 1.807) is 42.5 Å². The normalized spacial score (nSPS) is 10.1. The van der Waals surface area contributed by atoms with E-state index in [0.29, 0.717) is 26.4 Å². The molecule has 0 aromatic heterocycles. The van der Waals surface area contributed by atoms with Crippen molar-refractivity contribution in [2.75, 3.05) is 11.1 Å². The standard InChI is InChI=1S/C13H10BrClN2O/c14-9-7-8(5-6-11(9)16)13(18)17-12-4-2-1-3-10(12)15/h1-7H,16H2,(H,17,18). The van der Waals surface area contributed by atoms with Crippen LogP contribution in [-0.2, 0) is 0 Å². The minimum atomic E-state index is -0.233. The second-order valence-corrected chi connectivity index (χ2v) is 4.93. The van der Waals surface area contributed by atoms with Crippen molar-refractivity contribution in [3.63, 3.8) is 0 Å². The lowest BCUT2D eigenvalue weighted by molar-refractivity contribution is 0.102. The molecule has 0 spiro atoms. The number of carbonyl (C=O) groups excluding carboxylic acids is 1. The van der Waals surface area contributed by atoms with Crippen molar-refractivity contribution in [1.29, 1.82) is 0 Å². The fourth-order valence-corrected chi connectivity index (χ4v) is 1.99. The first-order valence-corrected chi connectivity index (χ1v) is 6.36. The zero-order valence-electron chi connectivity index (χ0n) is 9.28. The summed E-state index contributed by atoms with van der Waals surface area (Å²) in [7, 11) is 0. The second-order valence-electron chi connectivity index (χ2n) is 3.67. The molecule has 18 heavy (non-hydrogen) atoms. The van der Waals surface area contributed by atoms with Crippen LogP contribution in [0.25, 0.3) is 0 Å². The van der Waals surface area contributed by atoms with E-state index in [0.717, 1.165) is 0 Å². The largest absolute Gasteiger partial charge is 0.398 e. The number of rotatable bonds is 2. The number of amides is 1. The van der Waals surface area contributed by atoms with Crippen molar-refractivity contribution in [3.8, 4) is 0 Å².